The fourth-order valence-corrected chi connectivity index (χ4v) is 3.95. The molecule has 4 aromatic rings. The standard InChI is InChI=1S/C23H15BrCl2N4O3/c24-14-6-9-19-13(10-14)11-20(21(31)27-16-4-2-1-3-5-16)30(19)29-23(33)22(32)28-18-8-7-15(25)12-17(18)26/h1-12H,(H,27,31)(H,28,32)(H,29,33). The van der Waals surface area contributed by atoms with Crippen molar-refractivity contribution in [2.45, 2.75) is 0 Å². The molecule has 10 heteroatoms. The predicted molar refractivity (Wildman–Crippen MR) is 133 cm³/mol. The number of halogens is 3. The quantitative estimate of drug-likeness (QED) is 0.288. The van der Waals surface area contributed by atoms with Crippen molar-refractivity contribution in [1.82, 2.24) is 4.68 Å². The van der Waals surface area contributed by atoms with Crippen molar-refractivity contribution < 1.29 is 14.4 Å². The van der Waals surface area contributed by atoms with E-state index in [0.29, 0.717) is 21.6 Å². The average molecular weight is 546 g/mol. The first-order chi connectivity index (χ1) is 15.8. The van der Waals surface area contributed by atoms with Gasteiger partial charge in [0.15, 0.2) is 0 Å². The van der Waals surface area contributed by atoms with E-state index < -0.39 is 17.7 Å². The molecule has 0 radical (unpaired) electrons. The number of aromatic nitrogens is 1. The highest BCUT2D eigenvalue weighted by Crippen LogP contribution is 2.26. The van der Waals surface area contributed by atoms with Gasteiger partial charge in [-0.15, -0.1) is 0 Å². The van der Waals surface area contributed by atoms with Crippen molar-refractivity contribution in [2.75, 3.05) is 16.1 Å². The molecule has 0 saturated carbocycles. The lowest BCUT2D eigenvalue weighted by molar-refractivity contribution is -0.133. The molecule has 33 heavy (non-hydrogen) atoms. The number of rotatable bonds is 4. The first-order valence-corrected chi connectivity index (χ1v) is 11.1. The number of benzene rings is 3. The molecule has 0 fully saturated rings. The van der Waals surface area contributed by atoms with E-state index in [2.05, 4.69) is 32.0 Å². The zero-order valence-electron chi connectivity index (χ0n) is 16.7. The molecule has 0 aliphatic heterocycles. The lowest BCUT2D eigenvalue weighted by Gasteiger charge is -2.13. The van der Waals surface area contributed by atoms with Crippen molar-refractivity contribution in [1.29, 1.82) is 0 Å². The minimum Gasteiger partial charge on any atom is -0.321 e. The number of amides is 3. The number of carbonyl (C=O) groups excluding carboxylic acids is 3. The highest BCUT2D eigenvalue weighted by atomic mass is 79.9. The van der Waals surface area contributed by atoms with Crippen LogP contribution in [0.5, 0.6) is 0 Å². The molecule has 0 aliphatic carbocycles. The Morgan fingerprint density at radius 3 is 2.30 bits per heavy atom. The van der Waals surface area contributed by atoms with Gasteiger partial charge in [0.1, 0.15) is 5.69 Å². The van der Waals surface area contributed by atoms with Crippen LogP contribution in [0.1, 0.15) is 10.5 Å². The molecule has 0 saturated heterocycles. The van der Waals surface area contributed by atoms with Crippen LogP contribution in [0, 0.1) is 0 Å². The Balaban J connectivity index is 1.62. The zero-order chi connectivity index (χ0) is 23.5. The number of fused-ring (bicyclic) bond motifs is 1. The van der Waals surface area contributed by atoms with E-state index in [1.54, 1.807) is 48.5 Å². The second-order valence-corrected chi connectivity index (χ2v) is 8.67. The van der Waals surface area contributed by atoms with E-state index in [9.17, 15) is 14.4 Å². The Labute approximate surface area is 206 Å². The van der Waals surface area contributed by atoms with Crippen molar-refractivity contribution in [3.05, 3.63) is 93.0 Å². The van der Waals surface area contributed by atoms with Gasteiger partial charge in [0.2, 0.25) is 0 Å². The summed E-state index contributed by atoms with van der Waals surface area (Å²) in [7, 11) is 0. The molecule has 0 aliphatic rings. The monoisotopic (exact) mass is 544 g/mol. The number of hydrogen-bond donors (Lipinski definition) is 3. The number of nitrogens with zero attached hydrogens (tertiary/aromatic N) is 1. The minimum atomic E-state index is -0.991. The van der Waals surface area contributed by atoms with Crippen LogP contribution in [0.25, 0.3) is 10.9 Å². The van der Waals surface area contributed by atoms with Crippen LogP contribution in [-0.4, -0.2) is 22.4 Å². The third-order valence-corrected chi connectivity index (χ3v) is 5.67. The maximum absolute atomic E-state index is 13.0. The van der Waals surface area contributed by atoms with Gasteiger partial charge in [0, 0.05) is 20.6 Å². The number of para-hydroxylation sites is 1. The van der Waals surface area contributed by atoms with E-state index in [4.69, 9.17) is 23.2 Å². The highest BCUT2D eigenvalue weighted by Gasteiger charge is 2.21. The summed E-state index contributed by atoms with van der Waals surface area (Å²) in [5.74, 6) is -2.42. The van der Waals surface area contributed by atoms with Crippen molar-refractivity contribution >= 4 is 79.1 Å². The van der Waals surface area contributed by atoms with Gasteiger partial charge in [-0.2, -0.15) is 0 Å². The van der Waals surface area contributed by atoms with Crippen LogP contribution in [0.4, 0.5) is 11.4 Å². The van der Waals surface area contributed by atoms with Gasteiger partial charge in [-0.25, -0.2) is 4.68 Å². The van der Waals surface area contributed by atoms with Gasteiger partial charge in [-0.3, -0.25) is 19.8 Å². The molecule has 166 valence electrons. The second kappa shape index (κ2) is 9.66. The number of nitrogens with one attached hydrogen (secondary N) is 3. The van der Waals surface area contributed by atoms with Gasteiger partial charge in [-0.1, -0.05) is 57.3 Å². The summed E-state index contributed by atoms with van der Waals surface area (Å²) < 4.78 is 2.06. The first kappa shape index (κ1) is 22.8. The van der Waals surface area contributed by atoms with Crippen LogP contribution in [0.3, 0.4) is 0 Å². The summed E-state index contributed by atoms with van der Waals surface area (Å²) in [6.45, 7) is 0. The molecule has 0 atom stereocenters. The maximum atomic E-state index is 13.0. The molecule has 3 N–H and O–H groups in total. The molecule has 0 unspecified atom stereocenters. The molecular formula is C23H15BrCl2N4O3. The zero-order valence-corrected chi connectivity index (χ0v) is 19.8. The summed E-state index contributed by atoms with van der Waals surface area (Å²) in [6, 6.07) is 20.2. The number of hydrogen-bond acceptors (Lipinski definition) is 3. The van der Waals surface area contributed by atoms with Gasteiger partial charge < -0.3 is 10.6 Å². The van der Waals surface area contributed by atoms with E-state index in [-0.39, 0.29) is 16.4 Å². The Bertz CT molecular complexity index is 1390. The first-order valence-electron chi connectivity index (χ1n) is 9.56. The topological polar surface area (TPSA) is 92.2 Å². The molecule has 1 aromatic heterocycles. The van der Waals surface area contributed by atoms with Gasteiger partial charge in [-0.05, 0) is 54.6 Å². The van der Waals surface area contributed by atoms with E-state index in [1.807, 2.05) is 6.07 Å². The van der Waals surface area contributed by atoms with E-state index in [0.717, 1.165) is 4.47 Å². The molecular weight excluding hydrogens is 531 g/mol. The van der Waals surface area contributed by atoms with E-state index in [1.165, 1.54) is 22.9 Å². The Morgan fingerprint density at radius 1 is 0.818 bits per heavy atom. The minimum absolute atomic E-state index is 0.137. The third kappa shape index (κ3) is 5.19. The largest absolute Gasteiger partial charge is 0.328 e. The predicted octanol–water partition coefficient (Wildman–Crippen LogP) is 5.67. The van der Waals surface area contributed by atoms with Crippen molar-refractivity contribution in [3.8, 4) is 0 Å². The molecule has 0 spiro atoms. The van der Waals surface area contributed by atoms with Gasteiger partial charge in [0.25, 0.3) is 5.91 Å². The van der Waals surface area contributed by atoms with Crippen molar-refractivity contribution in [2.24, 2.45) is 0 Å². The summed E-state index contributed by atoms with van der Waals surface area (Å²) in [5.41, 5.74) is 3.97. The summed E-state index contributed by atoms with van der Waals surface area (Å²) in [4.78, 5) is 38.2. The number of anilines is 2. The lowest BCUT2D eigenvalue weighted by Crippen LogP contribution is -2.36. The fourth-order valence-electron chi connectivity index (χ4n) is 3.11. The maximum Gasteiger partial charge on any atom is 0.328 e. The summed E-state index contributed by atoms with van der Waals surface area (Å²) >= 11 is 15.3. The Hall–Kier alpha value is -3.33. The van der Waals surface area contributed by atoms with Crippen LogP contribution in [0.2, 0.25) is 10.0 Å². The van der Waals surface area contributed by atoms with E-state index >= 15 is 0 Å². The third-order valence-electron chi connectivity index (χ3n) is 4.63. The fraction of sp³-hybridized carbons (Fsp3) is 0. The van der Waals surface area contributed by atoms with Crippen molar-refractivity contribution in [3.63, 3.8) is 0 Å². The molecule has 4 rings (SSSR count). The van der Waals surface area contributed by atoms with Crippen LogP contribution in [-0.2, 0) is 9.59 Å². The molecule has 3 aromatic carbocycles. The van der Waals surface area contributed by atoms with Crippen LogP contribution >= 0.6 is 39.1 Å². The Morgan fingerprint density at radius 2 is 1.58 bits per heavy atom. The molecule has 3 amide bonds. The van der Waals surface area contributed by atoms with Gasteiger partial charge >= 0.3 is 11.8 Å². The lowest BCUT2D eigenvalue weighted by atomic mass is 10.2. The van der Waals surface area contributed by atoms with Crippen LogP contribution in [0.15, 0.2) is 77.3 Å². The second-order valence-electron chi connectivity index (χ2n) is 6.91. The molecule has 0 bridgehead atoms. The SMILES string of the molecule is O=C(Nc1ccc(Cl)cc1Cl)C(=O)Nn1c(C(=O)Nc2ccccc2)cc2cc(Br)ccc21. The highest BCUT2D eigenvalue weighted by molar-refractivity contribution is 9.10. The van der Waals surface area contributed by atoms with Crippen LogP contribution < -0.4 is 16.1 Å². The van der Waals surface area contributed by atoms with Gasteiger partial charge in [0.05, 0.1) is 16.2 Å². The summed E-state index contributed by atoms with van der Waals surface area (Å²) in [6.07, 6.45) is 0. The smallest absolute Gasteiger partial charge is 0.321 e. The molecule has 7 nitrogen and oxygen atoms in total. The Kier molecular flexibility index (Phi) is 6.69. The molecule has 1 heterocycles. The number of carbonyl (C=O) groups is 3. The normalized spacial score (nSPS) is 10.6. The average Bonchev–Trinajstić information content (AvgIpc) is 3.13. The summed E-state index contributed by atoms with van der Waals surface area (Å²) in [5, 5.41) is 6.47.